The molecule has 0 bridgehead atoms. The van der Waals surface area contributed by atoms with Crippen LogP contribution in [-0.2, 0) is 4.74 Å². The summed E-state index contributed by atoms with van der Waals surface area (Å²) in [6.07, 6.45) is 1.87. The summed E-state index contributed by atoms with van der Waals surface area (Å²) in [5.41, 5.74) is 0.814. The van der Waals surface area contributed by atoms with Crippen LogP contribution in [0.4, 0.5) is 0 Å². The van der Waals surface area contributed by atoms with E-state index in [4.69, 9.17) is 4.74 Å². The summed E-state index contributed by atoms with van der Waals surface area (Å²) in [5, 5.41) is 0. The van der Waals surface area contributed by atoms with Crippen molar-refractivity contribution < 1.29 is 9.53 Å². The van der Waals surface area contributed by atoms with Crippen molar-refractivity contribution in [2.24, 2.45) is 0 Å². The van der Waals surface area contributed by atoms with Crippen molar-refractivity contribution in [3.8, 4) is 0 Å². The normalized spacial score (nSPS) is 19.2. The van der Waals surface area contributed by atoms with E-state index in [1.54, 1.807) is 0 Å². The van der Waals surface area contributed by atoms with Crippen LogP contribution in [0.2, 0.25) is 0 Å². The highest BCUT2D eigenvalue weighted by Gasteiger charge is 2.25. The highest BCUT2D eigenvalue weighted by molar-refractivity contribution is 6.00. The third-order valence-electron chi connectivity index (χ3n) is 3.45. The minimum Gasteiger partial charge on any atom is -0.380 e. The Morgan fingerprint density at radius 3 is 2.78 bits per heavy atom. The molecular weight excluding hydrogens is 226 g/mol. The monoisotopic (exact) mass is 247 g/mol. The van der Waals surface area contributed by atoms with Crippen molar-refractivity contribution in [3.63, 3.8) is 0 Å². The van der Waals surface area contributed by atoms with Crippen LogP contribution in [0, 0.1) is 0 Å². The van der Waals surface area contributed by atoms with Gasteiger partial charge in [0.2, 0.25) is 0 Å². The highest BCUT2D eigenvalue weighted by atomic mass is 16.5. The molecule has 3 nitrogen and oxygen atoms in total. The number of ether oxygens (including phenoxy) is 1. The Balaban J connectivity index is 2.10. The minimum absolute atomic E-state index is 0.00546. The SMILES string of the molecule is CCC(C(=O)c1ccccc1)N1CCCOCC1. The van der Waals surface area contributed by atoms with Gasteiger partial charge in [-0.2, -0.15) is 0 Å². The fraction of sp³-hybridized carbons (Fsp3) is 0.533. The third-order valence-corrected chi connectivity index (χ3v) is 3.45. The van der Waals surface area contributed by atoms with Gasteiger partial charge < -0.3 is 4.74 Å². The molecule has 1 fully saturated rings. The number of rotatable bonds is 4. The van der Waals surface area contributed by atoms with Crippen LogP contribution in [0.3, 0.4) is 0 Å². The first kappa shape index (κ1) is 13.2. The molecule has 0 amide bonds. The number of carbonyl (C=O) groups excluding carboxylic acids is 1. The van der Waals surface area contributed by atoms with Crippen LogP contribution < -0.4 is 0 Å². The standard InChI is InChI=1S/C15H21NO2/c1-2-14(16-9-6-11-18-12-10-16)15(17)13-7-4-3-5-8-13/h3-5,7-8,14H,2,6,9-12H2,1H3. The second-order valence-corrected chi connectivity index (χ2v) is 4.66. The Morgan fingerprint density at radius 2 is 2.06 bits per heavy atom. The molecule has 1 aromatic rings. The van der Waals surface area contributed by atoms with Gasteiger partial charge in [-0.25, -0.2) is 0 Å². The summed E-state index contributed by atoms with van der Waals surface area (Å²) in [4.78, 5) is 14.8. The van der Waals surface area contributed by atoms with E-state index < -0.39 is 0 Å². The second kappa shape index (κ2) is 6.66. The number of carbonyl (C=O) groups is 1. The zero-order chi connectivity index (χ0) is 12.8. The molecule has 0 radical (unpaired) electrons. The second-order valence-electron chi connectivity index (χ2n) is 4.66. The lowest BCUT2D eigenvalue weighted by Gasteiger charge is -2.28. The van der Waals surface area contributed by atoms with E-state index >= 15 is 0 Å². The van der Waals surface area contributed by atoms with Crippen molar-refractivity contribution in [1.29, 1.82) is 0 Å². The molecule has 0 aromatic heterocycles. The fourth-order valence-corrected chi connectivity index (χ4v) is 2.48. The lowest BCUT2D eigenvalue weighted by Crippen LogP contribution is -2.42. The average molecular weight is 247 g/mol. The summed E-state index contributed by atoms with van der Waals surface area (Å²) < 4.78 is 5.45. The van der Waals surface area contributed by atoms with E-state index in [0.29, 0.717) is 0 Å². The average Bonchev–Trinajstić information content (AvgIpc) is 2.70. The molecule has 2 rings (SSSR count). The summed E-state index contributed by atoms with van der Waals surface area (Å²) in [7, 11) is 0. The molecule has 1 aromatic carbocycles. The number of Topliss-reactive ketones (excluding diaryl/α,β-unsaturated/α-hetero) is 1. The summed E-state index contributed by atoms with van der Waals surface area (Å²) >= 11 is 0. The minimum atomic E-state index is -0.00546. The first-order valence-electron chi connectivity index (χ1n) is 6.74. The molecule has 98 valence electrons. The first-order chi connectivity index (χ1) is 8.83. The molecule has 1 atom stereocenters. The number of ketones is 1. The maximum atomic E-state index is 12.5. The largest absolute Gasteiger partial charge is 0.380 e. The molecular formula is C15H21NO2. The van der Waals surface area contributed by atoms with Gasteiger partial charge >= 0.3 is 0 Å². The number of hydrogen-bond donors (Lipinski definition) is 0. The summed E-state index contributed by atoms with van der Waals surface area (Å²) in [6.45, 7) is 5.44. The van der Waals surface area contributed by atoms with E-state index in [9.17, 15) is 4.79 Å². The Kier molecular flexibility index (Phi) is 4.90. The maximum absolute atomic E-state index is 12.5. The zero-order valence-electron chi connectivity index (χ0n) is 11.0. The number of nitrogens with zero attached hydrogens (tertiary/aromatic N) is 1. The van der Waals surface area contributed by atoms with Crippen LogP contribution in [0.1, 0.15) is 30.1 Å². The van der Waals surface area contributed by atoms with Crippen LogP contribution in [-0.4, -0.2) is 43.0 Å². The number of benzene rings is 1. The molecule has 0 spiro atoms. The van der Waals surface area contributed by atoms with Gasteiger partial charge in [-0.3, -0.25) is 9.69 Å². The van der Waals surface area contributed by atoms with Gasteiger partial charge in [-0.1, -0.05) is 37.3 Å². The van der Waals surface area contributed by atoms with Crippen molar-refractivity contribution in [2.75, 3.05) is 26.3 Å². The van der Waals surface area contributed by atoms with Gasteiger partial charge in [0, 0.05) is 25.3 Å². The summed E-state index contributed by atoms with van der Waals surface area (Å²) in [6, 6.07) is 9.58. The Morgan fingerprint density at radius 1 is 1.28 bits per heavy atom. The third kappa shape index (κ3) is 3.18. The zero-order valence-corrected chi connectivity index (χ0v) is 11.0. The van der Waals surface area contributed by atoms with E-state index in [-0.39, 0.29) is 11.8 Å². The quantitative estimate of drug-likeness (QED) is 0.765. The van der Waals surface area contributed by atoms with Gasteiger partial charge in [0.05, 0.1) is 12.6 Å². The molecule has 1 aliphatic heterocycles. The predicted molar refractivity (Wildman–Crippen MR) is 71.9 cm³/mol. The van der Waals surface area contributed by atoms with Gasteiger partial charge in [0.25, 0.3) is 0 Å². The van der Waals surface area contributed by atoms with Crippen LogP contribution in [0.25, 0.3) is 0 Å². The van der Waals surface area contributed by atoms with Crippen LogP contribution in [0.5, 0.6) is 0 Å². The van der Waals surface area contributed by atoms with E-state index in [1.807, 2.05) is 30.3 Å². The topological polar surface area (TPSA) is 29.5 Å². The summed E-state index contributed by atoms with van der Waals surface area (Å²) in [5.74, 6) is 0.236. The number of hydrogen-bond acceptors (Lipinski definition) is 3. The first-order valence-corrected chi connectivity index (χ1v) is 6.74. The molecule has 0 N–H and O–H groups in total. The molecule has 3 heteroatoms. The van der Waals surface area contributed by atoms with Crippen LogP contribution >= 0.6 is 0 Å². The fourth-order valence-electron chi connectivity index (χ4n) is 2.48. The van der Waals surface area contributed by atoms with E-state index in [2.05, 4.69) is 11.8 Å². The smallest absolute Gasteiger partial charge is 0.179 e. The lowest BCUT2D eigenvalue weighted by atomic mass is 10.0. The highest BCUT2D eigenvalue weighted by Crippen LogP contribution is 2.14. The van der Waals surface area contributed by atoms with Gasteiger partial charge in [0.1, 0.15) is 0 Å². The Labute approximate surface area is 109 Å². The van der Waals surface area contributed by atoms with Gasteiger partial charge in [0.15, 0.2) is 5.78 Å². The van der Waals surface area contributed by atoms with E-state index in [0.717, 1.165) is 44.7 Å². The Bertz CT molecular complexity index is 369. The van der Waals surface area contributed by atoms with Crippen LogP contribution in [0.15, 0.2) is 30.3 Å². The molecule has 0 saturated carbocycles. The van der Waals surface area contributed by atoms with Crippen molar-refractivity contribution >= 4 is 5.78 Å². The molecule has 0 aliphatic carbocycles. The maximum Gasteiger partial charge on any atom is 0.179 e. The van der Waals surface area contributed by atoms with Gasteiger partial charge in [-0.05, 0) is 12.8 Å². The van der Waals surface area contributed by atoms with Gasteiger partial charge in [-0.15, -0.1) is 0 Å². The lowest BCUT2D eigenvalue weighted by molar-refractivity contribution is 0.0796. The Hall–Kier alpha value is -1.19. The predicted octanol–water partition coefficient (Wildman–Crippen LogP) is 2.37. The molecule has 1 aliphatic rings. The molecule has 1 saturated heterocycles. The van der Waals surface area contributed by atoms with Crippen molar-refractivity contribution in [1.82, 2.24) is 4.90 Å². The van der Waals surface area contributed by atoms with E-state index in [1.165, 1.54) is 0 Å². The molecule has 1 unspecified atom stereocenters. The van der Waals surface area contributed by atoms with Crippen molar-refractivity contribution in [3.05, 3.63) is 35.9 Å². The molecule has 1 heterocycles. The van der Waals surface area contributed by atoms with Crippen molar-refractivity contribution in [2.45, 2.75) is 25.8 Å². The molecule has 18 heavy (non-hydrogen) atoms.